The third-order valence-corrected chi connectivity index (χ3v) is 5.23. The van der Waals surface area contributed by atoms with Gasteiger partial charge in [-0.2, -0.15) is 0 Å². The standard InChI is InChI=1S/C18H32N4S.HI/c1-4-19-18(21(3)12-9-17-8-7-13-23-17)20-14-16(2)15-22-10-5-6-11-22;/h7-8,13,16H,4-6,9-12,14-15H2,1-3H3,(H,19,20);1H. The van der Waals surface area contributed by atoms with Crippen LogP contribution in [0.4, 0.5) is 0 Å². The minimum atomic E-state index is 0. The lowest BCUT2D eigenvalue weighted by Gasteiger charge is -2.23. The molecule has 1 atom stereocenters. The number of likely N-dealkylation sites (N-methyl/N-ethyl adjacent to an activating group) is 1. The molecule has 4 nitrogen and oxygen atoms in total. The van der Waals surface area contributed by atoms with Crippen LogP contribution in [-0.2, 0) is 6.42 Å². The number of hydrogen-bond acceptors (Lipinski definition) is 3. The minimum absolute atomic E-state index is 0. The molecular formula is C18H33IN4S. The molecule has 0 aromatic carbocycles. The van der Waals surface area contributed by atoms with Crippen LogP contribution in [0.15, 0.2) is 22.5 Å². The number of rotatable bonds is 8. The zero-order valence-electron chi connectivity index (χ0n) is 15.3. The van der Waals surface area contributed by atoms with Crippen LogP contribution in [0.3, 0.4) is 0 Å². The summed E-state index contributed by atoms with van der Waals surface area (Å²) in [5.41, 5.74) is 0. The molecule has 6 heteroatoms. The number of aliphatic imine (C=N–C) groups is 1. The van der Waals surface area contributed by atoms with E-state index in [1.54, 1.807) is 0 Å². The van der Waals surface area contributed by atoms with E-state index in [9.17, 15) is 0 Å². The number of likely N-dealkylation sites (tertiary alicyclic amines) is 1. The van der Waals surface area contributed by atoms with Crippen LogP contribution in [0.25, 0.3) is 0 Å². The third-order valence-electron chi connectivity index (χ3n) is 4.29. The van der Waals surface area contributed by atoms with E-state index in [-0.39, 0.29) is 24.0 Å². The van der Waals surface area contributed by atoms with Crippen LogP contribution in [0.1, 0.15) is 31.6 Å². The molecule has 1 unspecified atom stereocenters. The Balaban J connectivity index is 0.00000288. The van der Waals surface area contributed by atoms with Crippen LogP contribution in [0.2, 0.25) is 0 Å². The maximum Gasteiger partial charge on any atom is 0.193 e. The average Bonchev–Trinajstić information content (AvgIpc) is 3.22. The van der Waals surface area contributed by atoms with Gasteiger partial charge < -0.3 is 15.1 Å². The molecule has 1 aliphatic rings. The summed E-state index contributed by atoms with van der Waals surface area (Å²) in [5, 5.41) is 5.57. The second kappa shape index (κ2) is 12.1. The first kappa shape index (κ1) is 21.7. The second-order valence-corrected chi connectivity index (χ2v) is 7.59. The van der Waals surface area contributed by atoms with Gasteiger partial charge in [0.15, 0.2) is 5.96 Å². The molecule has 2 heterocycles. The maximum absolute atomic E-state index is 4.86. The zero-order valence-corrected chi connectivity index (χ0v) is 18.5. The zero-order chi connectivity index (χ0) is 16.5. The number of nitrogens with one attached hydrogen (secondary N) is 1. The van der Waals surface area contributed by atoms with Crippen molar-refractivity contribution >= 4 is 41.3 Å². The monoisotopic (exact) mass is 464 g/mol. The summed E-state index contributed by atoms with van der Waals surface area (Å²) < 4.78 is 0. The van der Waals surface area contributed by atoms with Crippen molar-refractivity contribution in [3.8, 4) is 0 Å². The molecule has 1 saturated heterocycles. The number of hydrogen-bond donors (Lipinski definition) is 1. The van der Waals surface area contributed by atoms with Gasteiger partial charge in [0.1, 0.15) is 0 Å². The normalized spacial score (nSPS) is 16.7. The summed E-state index contributed by atoms with van der Waals surface area (Å²) >= 11 is 1.83. The predicted molar refractivity (Wildman–Crippen MR) is 117 cm³/mol. The fraction of sp³-hybridized carbons (Fsp3) is 0.722. The second-order valence-electron chi connectivity index (χ2n) is 6.56. The largest absolute Gasteiger partial charge is 0.357 e. The van der Waals surface area contributed by atoms with Gasteiger partial charge in [0, 0.05) is 38.1 Å². The Morgan fingerprint density at radius 3 is 2.79 bits per heavy atom. The molecule has 1 aromatic heterocycles. The molecule has 24 heavy (non-hydrogen) atoms. The molecule has 138 valence electrons. The first-order valence-electron chi connectivity index (χ1n) is 8.93. The van der Waals surface area contributed by atoms with E-state index in [0.29, 0.717) is 5.92 Å². The smallest absolute Gasteiger partial charge is 0.193 e. The van der Waals surface area contributed by atoms with Crippen molar-refractivity contribution in [3.63, 3.8) is 0 Å². The third kappa shape index (κ3) is 7.70. The van der Waals surface area contributed by atoms with Gasteiger partial charge in [-0.1, -0.05) is 13.0 Å². The van der Waals surface area contributed by atoms with Gasteiger partial charge in [0.05, 0.1) is 0 Å². The van der Waals surface area contributed by atoms with Gasteiger partial charge >= 0.3 is 0 Å². The summed E-state index contributed by atoms with van der Waals surface area (Å²) in [5.74, 6) is 1.66. The Hall–Kier alpha value is -0.340. The van der Waals surface area contributed by atoms with E-state index in [1.165, 1.54) is 37.4 Å². The van der Waals surface area contributed by atoms with E-state index >= 15 is 0 Å². The molecule has 1 aromatic rings. The molecule has 0 aliphatic carbocycles. The van der Waals surface area contributed by atoms with E-state index in [0.717, 1.165) is 32.0 Å². The van der Waals surface area contributed by atoms with Crippen LogP contribution in [-0.4, -0.2) is 62.1 Å². The Morgan fingerprint density at radius 2 is 2.17 bits per heavy atom. The molecule has 0 bridgehead atoms. The highest BCUT2D eigenvalue weighted by Crippen LogP contribution is 2.11. The van der Waals surface area contributed by atoms with Crippen LogP contribution < -0.4 is 5.32 Å². The Labute approximate surface area is 168 Å². The van der Waals surface area contributed by atoms with Crippen molar-refractivity contribution in [2.24, 2.45) is 10.9 Å². The van der Waals surface area contributed by atoms with Gasteiger partial charge in [0.25, 0.3) is 0 Å². The van der Waals surface area contributed by atoms with Crippen LogP contribution in [0, 0.1) is 5.92 Å². The lowest BCUT2D eigenvalue weighted by atomic mass is 10.2. The SMILES string of the molecule is CCNC(=NCC(C)CN1CCCC1)N(C)CCc1cccs1.I. The Kier molecular flexibility index (Phi) is 10.9. The first-order valence-corrected chi connectivity index (χ1v) is 9.81. The summed E-state index contributed by atoms with van der Waals surface area (Å²) in [7, 11) is 2.14. The van der Waals surface area contributed by atoms with Crippen molar-refractivity contribution in [2.45, 2.75) is 33.1 Å². The van der Waals surface area contributed by atoms with Gasteiger partial charge in [-0.3, -0.25) is 4.99 Å². The Bertz CT molecular complexity index is 458. The highest BCUT2D eigenvalue weighted by molar-refractivity contribution is 14.0. The van der Waals surface area contributed by atoms with E-state index in [1.807, 2.05) is 11.3 Å². The predicted octanol–water partition coefficient (Wildman–Crippen LogP) is 3.54. The molecule has 2 rings (SSSR count). The molecule has 1 fully saturated rings. The van der Waals surface area contributed by atoms with E-state index in [4.69, 9.17) is 4.99 Å². The fourth-order valence-electron chi connectivity index (χ4n) is 3.01. The summed E-state index contributed by atoms with van der Waals surface area (Å²) in [6.45, 7) is 11.0. The lowest BCUT2D eigenvalue weighted by Crippen LogP contribution is -2.40. The molecule has 1 N–H and O–H groups in total. The molecule has 1 aliphatic heterocycles. The number of thiophene rings is 1. The van der Waals surface area contributed by atoms with Crippen molar-refractivity contribution < 1.29 is 0 Å². The quantitative estimate of drug-likeness (QED) is 0.363. The fourth-order valence-corrected chi connectivity index (χ4v) is 3.71. The number of guanidine groups is 1. The van der Waals surface area contributed by atoms with Gasteiger partial charge in [-0.25, -0.2) is 0 Å². The summed E-state index contributed by atoms with van der Waals surface area (Å²) in [6, 6.07) is 4.33. The molecule has 0 saturated carbocycles. The van der Waals surface area contributed by atoms with Crippen molar-refractivity contribution in [3.05, 3.63) is 22.4 Å². The topological polar surface area (TPSA) is 30.9 Å². The Morgan fingerprint density at radius 1 is 1.42 bits per heavy atom. The van der Waals surface area contributed by atoms with Gasteiger partial charge in [-0.05, 0) is 56.6 Å². The summed E-state index contributed by atoms with van der Waals surface area (Å²) in [4.78, 5) is 11.1. The number of nitrogens with zero attached hydrogens (tertiary/aromatic N) is 3. The molecule has 0 spiro atoms. The van der Waals surface area contributed by atoms with Crippen LogP contribution in [0.5, 0.6) is 0 Å². The number of halogens is 1. The highest BCUT2D eigenvalue weighted by atomic mass is 127. The van der Waals surface area contributed by atoms with Crippen molar-refractivity contribution in [1.82, 2.24) is 15.1 Å². The van der Waals surface area contributed by atoms with Gasteiger partial charge in [0.2, 0.25) is 0 Å². The van der Waals surface area contributed by atoms with E-state index in [2.05, 4.69) is 53.5 Å². The van der Waals surface area contributed by atoms with E-state index < -0.39 is 0 Å². The average molecular weight is 464 g/mol. The van der Waals surface area contributed by atoms with Crippen molar-refractivity contribution in [2.75, 3.05) is 46.3 Å². The molecular weight excluding hydrogens is 431 g/mol. The van der Waals surface area contributed by atoms with Crippen molar-refractivity contribution in [1.29, 1.82) is 0 Å². The van der Waals surface area contributed by atoms with Gasteiger partial charge in [-0.15, -0.1) is 35.3 Å². The lowest BCUT2D eigenvalue weighted by molar-refractivity contribution is 0.291. The summed E-state index contributed by atoms with van der Waals surface area (Å²) in [6.07, 6.45) is 3.82. The minimum Gasteiger partial charge on any atom is -0.357 e. The maximum atomic E-state index is 4.86. The molecule has 0 amide bonds. The first-order chi connectivity index (χ1) is 11.2. The highest BCUT2D eigenvalue weighted by Gasteiger charge is 2.15. The van der Waals surface area contributed by atoms with Crippen LogP contribution >= 0.6 is 35.3 Å². The molecule has 0 radical (unpaired) electrons.